The van der Waals surface area contributed by atoms with E-state index in [2.05, 4.69) is 20.2 Å². The van der Waals surface area contributed by atoms with Gasteiger partial charge in [0.05, 0.1) is 12.7 Å². The lowest BCUT2D eigenvalue weighted by atomic mass is 9.87. The Morgan fingerprint density at radius 3 is 2.67 bits per heavy atom. The summed E-state index contributed by atoms with van der Waals surface area (Å²) in [6, 6.07) is 8.19. The highest BCUT2D eigenvalue weighted by molar-refractivity contribution is 6.05. The van der Waals surface area contributed by atoms with E-state index in [4.69, 9.17) is 9.47 Å². The quantitative estimate of drug-likeness (QED) is 0.360. The molecule has 12 heteroatoms. The van der Waals surface area contributed by atoms with Crippen molar-refractivity contribution in [2.75, 3.05) is 26.8 Å². The van der Waals surface area contributed by atoms with Crippen molar-refractivity contribution in [1.29, 1.82) is 0 Å². The molecule has 4 heterocycles. The van der Waals surface area contributed by atoms with Gasteiger partial charge in [-0.05, 0) is 73.6 Å². The molecule has 1 aromatic heterocycles. The molecule has 11 nitrogen and oxygen atoms in total. The van der Waals surface area contributed by atoms with Crippen molar-refractivity contribution >= 4 is 28.6 Å². The zero-order valence-electron chi connectivity index (χ0n) is 25.8. The first-order valence-electron chi connectivity index (χ1n) is 16.0. The number of nitrogens with zero attached hydrogens (tertiary/aromatic N) is 4. The first-order valence-corrected chi connectivity index (χ1v) is 16.0. The summed E-state index contributed by atoms with van der Waals surface area (Å²) in [5, 5.41) is 12.8. The largest absolute Gasteiger partial charge is 0.489 e. The molecule has 3 fully saturated rings. The van der Waals surface area contributed by atoms with Crippen LogP contribution >= 0.6 is 0 Å². The number of methoxy groups -OCH3 is 1. The number of carbonyl (C=O) groups excluding carboxylic acids is 3. The van der Waals surface area contributed by atoms with Crippen LogP contribution in [0.15, 0.2) is 36.5 Å². The third-order valence-corrected chi connectivity index (χ3v) is 9.80. The van der Waals surface area contributed by atoms with Crippen molar-refractivity contribution in [3.8, 4) is 5.75 Å². The van der Waals surface area contributed by atoms with Crippen LogP contribution in [0.5, 0.6) is 5.75 Å². The minimum atomic E-state index is -0.670. The van der Waals surface area contributed by atoms with Gasteiger partial charge in [0.1, 0.15) is 35.1 Å². The highest BCUT2D eigenvalue weighted by atomic mass is 19.1. The molecule has 3 aliphatic heterocycles. The molecule has 3 atom stereocenters. The van der Waals surface area contributed by atoms with Crippen LogP contribution in [0.3, 0.4) is 0 Å². The summed E-state index contributed by atoms with van der Waals surface area (Å²) in [4.78, 5) is 50.0. The lowest BCUT2D eigenvalue weighted by Crippen LogP contribution is -2.52. The Kier molecular flexibility index (Phi) is 8.43. The van der Waals surface area contributed by atoms with Gasteiger partial charge in [-0.2, -0.15) is 0 Å². The topological polar surface area (TPSA) is 134 Å². The van der Waals surface area contributed by atoms with Gasteiger partial charge in [0, 0.05) is 68.7 Å². The van der Waals surface area contributed by atoms with E-state index in [1.165, 1.54) is 4.90 Å². The first kappa shape index (κ1) is 30.6. The molecule has 0 bridgehead atoms. The summed E-state index contributed by atoms with van der Waals surface area (Å²) >= 11 is 0. The smallest absolute Gasteiger partial charge is 0.255 e. The van der Waals surface area contributed by atoms with Crippen LogP contribution in [0.4, 0.5) is 4.39 Å². The Hall–Kier alpha value is -4.00. The van der Waals surface area contributed by atoms with E-state index in [1.54, 1.807) is 31.5 Å². The number of carbonyl (C=O) groups is 3. The number of fused-ring (bicyclic) bond motifs is 2. The summed E-state index contributed by atoms with van der Waals surface area (Å²) in [5.41, 5.74) is 2.46. The number of imide groups is 1. The maximum atomic E-state index is 15.4. The number of nitrogens with one attached hydrogen (secondary N) is 1. The molecule has 46 heavy (non-hydrogen) atoms. The third-order valence-electron chi connectivity index (χ3n) is 9.80. The summed E-state index contributed by atoms with van der Waals surface area (Å²) in [5.74, 6) is 0.140. The van der Waals surface area contributed by atoms with Gasteiger partial charge in [-0.1, -0.05) is 0 Å². The zero-order chi connectivity index (χ0) is 31.9. The molecule has 4 aliphatic rings. The molecule has 2 aromatic carbocycles. The number of rotatable bonds is 8. The summed E-state index contributed by atoms with van der Waals surface area (Å²) < 4.78 is 27.3. The molecular weight excluding hydrogens is 593 g/mol. The van der Waals surface area contributed by atoms with Crippen LogP contribution < -0.4 is 10.1 Å². The maximum Gasteiger partial charge on any atom is 0.255 e. The van der Waals surface area contributed by atoms with E-state index in [9.17, 15) is 19.5 Å². The van der Waals surface area contributed by atoms with Crippen molar-refractivity contribution in [1.82, 2.24) is 25.1 Å². The molecule has 2 N–H and O–H groups in total. The predicted molar refractivity (Wildman–Crippen MR) is 164 cm³/mol. The second kappa shape index (κ2) is 12.7. The van der Waals surface area contributed by atoms with Crippen molar-refractivity contribution < 1.29 is 33.4 Å². The highest BCUT2D eigenvalue weighted by Crippen LogP contribution is 2.34. The number of halogens is 1. The van der Waals surface area contributed by atoms with E-state index in [1.807, 2.05) is 12.1 Å². The lowest BCUT2D eigenvalue weighted by Gasteiger charge is -2.29. The standard InChI is InChI=1S/C34H38FN5O6/c1-45-18-23-15-39(14-19-10-21-13-36-32(38-31(21)27(35)11-19)20-2-4-24(41)5-3-20)17-29(23)46-25-6-7-26-22(12-25)16-40(34(26)44)28-8-9-30(42)37-33(28)43/h6-7,10-13,20,23-24,28-29,41H,2-5,8-9,14-18H2,1H3,(H,37,42,43)/t20?,23-,24?,28-,29+/m0/s1. The number of aliphatic hydroxyl groups excluding tert-OH is 1. The van der Waals surface area contributed by atoms with Crippen LogP contribution in [0.2, 0.25) is 0 Å². The van der Waals surface area contributed by atoms with Crippen LogP contribution in [-0.2, 0) is 27.4 Å². The van der Waals surface area contributed by atoms with Gasteiger partial charge in [-0.3, -0.25) is 24.6 Å². The number of ether oxygens (including phenoxy) is 2. The number of aliphatic hydroxyl groups is 1. The average molecular weight is 632 g/mol. The van der Waals surface area contributed by atoms with Crippen molar-refractivity contribution in [2.24, 2.45) is 5.92 Å². The average Bonchev–Trinajstić information content (AvgIpc) is 3.56. The van der Waals surface area contributed by atoms with Crippen LogP contribution in [0.25, 0.3) is 10.9 Å². The van der Waals surface area contributed by atoms with Crippen LogP contribution in [-0.4, -0.2) is 87.7 Å². The van der Waals surface area contributed by atoms with Gasteiger partial charge in [0.2, 0.25) is 11.8 Å². The minimum Gasteiger partial charge on any atom is -0.489 e. The van der Waals surface area contributed by atoms with E-state index in [0.717, 1.165) is 24.0 Å². The SMILES string of the molecule is COC[C@@H]1CN(Cc2cc(F)c3nc(C4CCC(O)CC4)ncc3c2)C[C@H]1Oc1ccc2c(c1)CN([C@H]1CCC(=O)NC1=O)C2=O. The predicted octanol–water partition coefficient (Wildman–Crippen LogP) is 3.07. The van der Waals surface area contributed by atoms with Gasteiger partial charge in [-0.15, -0.1) is 0 Å². The molecule has 1 saturated carbocycles. The highest BCUT2D eigenvalue weighted by Gasteiger charge is 2.40. The summed E-state index contributed by atoms with van der Waals surface area (Å²) in [6.07, 6.45) is 4.80. The van der Waals surface area contributed by atoms with Gasteiger partial charge < -0.3 is 19.5 Å². The Balaban J connectivity index is 1.02. The lowest BCUT2D eigenvalue weighted by molar-refractivity contribution is -0.136. The molecule has 1 aliphatic carbocycles. The van der Waals surface area contributed by atoms with E-state index in [-0.39, 0.29) is 54.6 Å². The van der Waals surface area contributed by atoms with E-state index in [0.29, 0.717) is 73.5 Å². The van der Waals surface area contributed by atoms with Gasteiger partial charge in [0.25, 0.3) is 5.91 Å². The second-order valence-electron chi connectivity index (χ2n) is 13.0. The summed E-state index contributed by atoms with van der Waals surface area (Å²) in [7, 11) is 1.66. The number of aromatic nitrogens is 2. The Morgan fingerprint density at radius 1 is 1.07 bits per heavy atom. The molecule has 7 rings (SSSR count). The van der Waals surface area contributed by atoms with Gasteiger partial charge in [-0.25, -0.2) is 14.4 Å². The molecule has 0 spiro atoms. The van der Waals surface area contributed by atoms with Crippen LogP contribution in [0.1, 0.15) is 71.8 Å². The second-order valence-corrected chi connectivity index (χ2v) is 13.0. The number of likely N-dealkylation sites (tertiary alicyclic amines) is 1. The van der Waals surface area contributed by atoms with Gasteiger partial charge in [0.15, 0.2) is 0 Å². The van der Waals surface area contributed by atoms with E-state index < -0.39 is 11.9 Å². The zero-order valence-corrected chi connectivity index (χ0v) is 25.8. The van der Waals surface area contributed by atoms with Crippen molar-refractivity contribution in [3.63, 3.8) is 0 Å². The Labute approximate surface area is 266 Å². The molecule has 3 amide bonds. The van der Waals surface area contributed by atoms with Crippen LogP contribution in [0, 0.1) is 11.7 Å². The number of hydrogen-bond donors (Lipinski definition) is 2. The van der Waals surface area contributed by atoms with Gasteiger partial charge >= 0.3 is 0 Å². The molecule has 0 radical (unpaired) electrons. The fourth-order valence-electron chi connectivity index (χ4n) is 7.42. The maximum absolute atomic E-state index is 15.4. The number of amides is 3. The monoisotopic (exact) mass is 631 g/mol. The molecule has 2 saturated heterocycles. The Morgan fingerprint density at radius 2 is 1.89 bits per heavy atom. The van der Waals surface area contributed by atoms with Crippen molar-refractivity contribution in [3.05, 3.63) is 64.9 Å². The number of benzene rings is 2. The molecule has 0 unspecified atom stereocenters. The number of piperidine rings is 1. The fraction of sp³-hybridized carbons (Fsp3) is 0.500. The summed E-state index contributed by atoms with van der Waals surface area (Å²) in [6.45, 7) is 2.60. The normalized spacial score (nSPS) is 26.9. The van der Waals surface area contributed by atoms with Crippen molar-refractivity contribution in [2.45, 2.75) is 75.8 Å². The molecule has 242 valence electrons. The number of hydrogen-bond acceptors (Lipinski definition) is 9. The molecule has 3 aromatic rings. The minimum absolute atomic E-state index is 0.0741. The van der Waals surface area contributed by atoms with E-state index >= 15 is 4.39 Å². The Bertz CT molecular complexity index is 1680. The first-order chi connectivity index (χ1) is 22.2. The fourth-order valence-corrected chi connectivity index (χ4v) is 7.42. The molecular formula is C34H38FN5O6. The third kappa shape index (κ3) is 6.08.